The molecule has 1 saturated carbocycles. The predicted octanol–water partition coefficient (Wildman–Crippen LogP) is 2.89. The fourth-order valence-corrected chi connectivity index (χ4v) is 3.62. The number of rotatable bonds is 1. The van der Waals surface area contributed by atoms with E-state index in [2.05, 4.69) is 19.9 Å². The summed E-state index contributed by atoms with van der Waals surface area (Å²) in [5.41, 5.74) is 0.699. The van der Waals surface area contributed by atoms with Crippen molar-refractivity contribution < 1.29 is 10.2 Å². The van der Waals surface area contributed by atoms with E-state index in [0.717, 1.165) is 25.7 Å². The van der Waals surface area contributed by atoms with Gasteiger partial charge in [-0.1, -0.05) is 25.5 Å². The Balaban J connectivity index is 2.34. The van der Waals surface area contributed by atoms with Crippen LogP contribution in [0.25, 0.3) is 0 Å². The van der Waals surface area contributed by atoms with Crippen LogP contribution in [0.2, 0.25) is 0 Å². The second-order valence-electron chi connectivity index (χ2n) is 6.83. The van der Waals surface area contributed by atoms with Crippen LogP contribution in [0.15, 0.2) is 11.6 Å². The smallest absolute Gasteiger partial charge is 0.0654 e. The molecule has 0 aliphatic heterocycles. The van der Waals surface area contributed by atoms with Gasteiger partial charge in [0.2, 0.25) is 0 Å². The maximum absolute atomic E-state index is 10.3. The molecule has 98 valence electrons. The van der Waals surface area contributed by atoms with Gasteiger partial charge in [0.05, 0.1) is 11.7 Å². The van der Waals surface area contributed by atoms with Gasteiger partial charge in [-0.25, -0.2) is 0 Å². The molecule has 1 fully saturated rings. The first-order valence-electron chi connectivity index (χ1n) is 6.88. The molecule has 0 unspecified atom stereocenters. The minimum atomic E-state index is -0.642. The quantitative estimate of drug-likeness (QED) is 0.690. The van der Waals surface area contributed by atoms with Gasteiger partial charge in [-0.3, -0.25) is 0 Å². The first kappa shape index (κ1) is 13.1. The Bertz CT molecular complexity index is 326. The van der Waals surface area contributed by atoms with Crippen molar-refractivity contribution in [3.63, 3.8) is 0 Å². The maximum Gasteiger partial charge on any atom is 0.0654 e. The van der Waals surface area contributed by atoms with E-state index < -0.39 is 5.60 Å². The van der Waals surface area contributed by atoms with Crippen molar-refractivity contribution in [2.45, 2.75) is 65.1 Å². The standard InChI is InChI=1S/C15H26O2/c1-10-5-6-13(16)15(4)8-7-11(9-12(10)15)14(2,3)17/h9-11,13,16-17H,5-8H2,1-4H3/t10-,11-,13-,15-/m1/s1. The molecule has 2 rings (SSSR count). The highest BCUT2D eigenvalue weighted by Crippen LogP contribution is 2.51. The molecule has 0 bridgehead atoms. The molecular weight excluding hydrogens is 212 g/mol. The van der Waals surface area contributed by atoms with E-state index in [0.29, 0.717) is 5.92 Å². The zero-order chi connectivity index (χ0) is 12.8. The van der Waals surface area contributed by atoms with Crippen molar-refractivity contribution in [2.75, 3.05) is 0 Å². The first-order valence-corrected chi connectivity index (χ1v) is 6.88. The fourth-order valence-electron chi connectivity index (χ4n) is 3.62. The lowest BCUT2D eigenvalue weighted by atomic mass is 9.58. The third-order valence-corrected chi connectivity index (χ3v) is 5.06. The second-order valence-corrected chi connectivity index (χ2v) is 6.83. The molecule has 0 aromatic rings. The SMILES string of the molecule is C[C@@H]1CC[C@@H](O)[C@]2(C)CC[C@@H](C(C)(C)O)C=C12. The molecule has 0 amide bonds. The largest absolute Gasteiger partial charge is 0.392 e. The zero-order valence-corrected chi connectivity index (χ0v) is 11.5. The minimum absolute atomic E-state index is 0.0422. The Kier molecular flexibility index (Phi) is 3.16. The van der Waals surface area contributed by atoms with Gasteiger partial charge in [-0.15, -0.1) is 0 Å². The number of hydrogen-bond acceptors (Lipinski definition) is 2. The molecule has 2 nitrogen and oxygen atoms in total. The highest BCUT2D eigenvalue weighted by molar-refractivity contribution is 5.26. The molecule has 0 aromatic heterocycles. The number of aliphatic hydroxyl groups excluding tert-OH is 1. The lowest BCUT2D eigenvalue weighted by Gasteiger charge is -2.49. The van der Waals surface area contributed by atoms with E-state index in [1.807, 2.05) is 13.8 Å². The van der Waals surface area contributed by atoms with E-state index in [1.165, 1.54) is 5.57 Å². The number of hydrogen-bond donors (Lipinski definition) is 2. The third-order valence-electron chi connectivity index (χ3n) is 5.06. The van der Waals surface area contributed by atoms with Crippen molar-refractivity contribution in [2.24, 2.45) is 17.3 Å². The summed E-state index contributed by atoms with van der Waals surface area (Å²) in [5, 5.41) is 20.4. The zero-order valence-electron chi connectivity index (χ0n) is 11.5. The van der Waals surface area contributed by atoms with E-state index in [-0.39, 0.29) is 17.4 Å². The van der Waals surface area contributed by atoms with Gasteiger partial charge >= 0.3 is 0 Å². The molecule has 0 aromatic carbocycles. The summed E-state index contributed by atoms with van der Waals surface area (Å²) in [4.78, 5) is 0. The minimum Gasteiger partial charge on any atom is -0.392 e. The van der Waals surface area contributed by atoms with Crippen LogP contribution >= 0.6 is 0 Å². The summed E-state index contributed by atoms with van der Waals surface area (Å²) in [7, 11) is 0. The molecule has 17 heavy (non-hydrogen) atoms. The van der Waals surface area contributed by atoms with Crippen LogP contribution in [0, 0.1) is 17.3 Å². The van der Waals surface area contributed by atoms with Gasteiger partial charge in [0.25, 0.3) is 0 Å². The van der Waals surface area contributed by atoms with E-state index in [9.17, 15) is 10.2 Å². The summed E-state index contributed by atoms with van der Waals surface area (Å²) in [6.45, 7) is 8.23. The van der Waals surface area contributed by atoms with Crippen LogP contribution in [0.4, 0.5) is 0 Å². The van der Waals surface area contributed by atoms with Crippen molar-refractivity contribution >= 4 is 0 Å². The summed E-state index contributed by atoms with van der Waals surface area (Å²) >= 11 is 0. The van der Waals surface area contributed by atoms with E-state index in [1.54, 1.807) is 0 Å². The highest BCUT2D eigenvalue weighted by atomic mass is 16.3. The van der Waals surface area contributed by atoms with E-state index >= 15 is 0 Å². The topological polar surface area (TPSA) is 40.5 Å². The molecule has 2 N–H and O–H groups in total. The van der Waals surface area contributed by atoms with Gasteiger partial charge in [0.1, 0.15) is 0 Å². The van der Waals surface area contributed by atoms with Gasteiger partial charge in [-0.05, 0) is 45.4 Å². The van der Waals surface area contributed by atoms with Crippen molar-refractivity contribution in [3.05, 3.63) is 11.6 Å². The second kappa shape index (κ2) is 4.10. The Hall–Kier alpha value is -0.340. The first-order chi connectivity index (χ1) is 7.75. The van der Waals surface area contributed by atoms with Crippen LogP contribution in [0.5, 0.6) is 0 Å². The summed E-state index contributed by atoms with van der Waals surface area (Å²) in [5.74, 6) is 0.784. The van der Waals surface area contributed by atoms with Crippen LogP contribution in [-0.4, -0.2) is 21.9 Å². The van der Waals surface area contributed by atoms with Crippen LogP contribution in [-0.2, 0) is 0 Å². The van der Waals surface area contributed by atoms with Gasteiger partial charge in [0, 0.05) is 11.3 Å². The average Bonchev–Trinajstić information content (AvgIpc) is 2.22. The lowest BCUT2D eigenvalue weighted by Crippen LogP contribution is -2.45. The molecule has 2 heteroatoms. The third kappa shape index (κ3) is 2.17. The van der Waals surface area contributed by atoms with Crippen molar-refractivity contribution in [3.8, 4) is 0 Å². The summed E-state index contributed by atoms with van der Waals surface area (Å²) < 4.78 is 0. The number of aliphatic hydroxyl groups is 2. The molecule has 2 aliphatic carbocycles. The van der Waals surface area contributed by atoms with Gasteiger partial charge in [0.15, 0.2) is 0 Å². The van der Waals surface area contributed by atoms with Crippen LogP contribution in [0.1, 0.15) is 53.4 Å². The molecule has 4 atom stereocenters. The van der Waals surface area contributed by atoms with E-state index in [4.69, 9.17) is 0 Å². The molecular formula is C15H26O2. The van der Waals surface area contributed by atoms with Crippen LogP contribution < -0.4 is 0 Å². The van der Waals surface area contributed by atoms with Crippen molar-refractivity contribution in [1.29, 1.82) is 0 Å². The normalized spacial score (nSPS) is 42.9. The lowest BCUT2D eigenvalue weighted by molar-refractivity contribution is -0.0157. The summed E-state index contributed by atoms with van der Waals surface area (Å²) in [6.07, 6.45) is 6.03. The Labute approximate surface area is 105 Å². The molecule has 0 radical (unpaired) electrons. The Morgan fingerprint density at radius 2 is 1.94 bits per heavy atom. The molecule has 0 heterocycles. The monoisotopic (exact) mass is 238 g/mol. The molecule has 2 aliphatic rings. The predicted molar refractivity (Wildman–Crippen MR) is 69.6 cm³/mol. The van der Waals surface area contributed by atoms with Crippen molar-refractivity contribution in [1.82, 2.24) is 0 Å². The Morgan fingerprint density at radius 3 is 2.53 bits per heavy atom. The highest BCUT2D eigenvalue weighted by Gasteiger charge is 2.46. The number of fused-ring (bicyclic) bond motifs is 1. The maximum atomic E-state index is 10.3. The molecule has 0 spiro atoms. The van der Waals surface area contributed by atoms with Gasteiger partial charge in [-0.2, -0.15) is 0 Å². The fraction of sp³-hybridized carbons (Fsp3) is 0.867. The van der Waals surface area contributed by atoms with Crippen LogP contribution in [0.3, 0.4) is 0 Å². The molecule has 0 saturated heterocycles. The van der Waals surface area contributed by atoms with Gasteiger partial charge < -0.3 is 10.2 Å². The Morgan fingerprint density at radius 1 is 1.29 bits per heavy atom. The summed E-state index contributed by atoms with van der Waals surface area (Å²) in [6, 6.07) is 0. The average molecular weight is 238 g/mol.